The highest BCUT2D eigenvalue weighted by atomic mass is 16.5. The van der Waals surface area contributed by atoms with Crippen molar-refractivity contribution in [1.82, 2.24) is 5.32 Å². The number of nitrogens with one attached hydrogen (secondary N) is 1. The van der Waals surface area contributed by atoms with E-state index < -0.39 is 5.54 Å². The molecule has 4 rings (SSSR count). The van der Waals surface area contributed by atoms with Crippen LogP contribution in [0.5, 0.6) is 5.75 Å². The molecule has 1 aromatic rings. The fraction of sp³-hybridized carbons (Fsp3) is 0.632. The molecule has 2 aliphatic heterocycles. The molecule has 1 amide bonds. The molecular formula is C19H26N2O3. The van der Waals surface area contributed by atoms with E-state index in [-0.39, 0.29) is 29.4 Å². The second-order valence-electron chi connectivity index (χ2n) is 7.92. The first-order valence-electron chi connectivity index (χ1n) is 8.86. The van der Waals surface area contributed by atoms with Crippen molar-refractivity contribution in [3.63, 3.8) is 0 Å². The van der Waals surface area contributed by atoms with Gasteiger partial charge in [-0.2, -0.15) is 0 Å². The molecule has 4 atom stereocenters. The average Bonchev–Trinajstić information content (AvgIpc) is 2.60. The van der Waals surface area contributed by atoms with Crippen molar-refractivity contribution < 1.29 is 14.3 Å². The van der Waals surface area contributed by atoms with E-state index in [0.717, 1.165) is 37.2 Å². The van der Waals surface area contributed by atoms with Gasteiger partial charge < -0.3 is 20.5 Å². The second kappa shape index (κ2) is 5.46. The summed E-state index contributed by atoms with van der Waals surface area (Å²) in [6, 6.07) is 7.94. The van der Waals surface area contributed by atoms with Gasteiger partial charge in [0.1, 0.15) is 17.9 Å². The summed E-state index contributed by atoms with van der Waals surface area (Å²) in [5.41, 5.74) is 6.57. The minimum atomic E-state index is -0.866. The number of nitrogens with two attached hydrogens (primary N) is 1. The first-order chi connectivity index (χ1) is 11.4. The summed E-state index contributed by atoms with van der Waals surface area (Å²) in [7, 11) is 0. The van der Waals surface area contributed by atoms with Gasteiger partial charge in [-0.15, -0.1) is 0 Å². The highest BCUT2D eigenvalue weighted by Gasteiger charge is 2.70. The predicted molar refractivity (Wildman–Crippen MR) is 90.7 cm³/mol. The van der Waals surface area contributed by atoms with Crippen LogP contribution >= 0.6 is 0 Å². The zero-order valence-corrected chi connectivity index (χ0v) is 14.4. The standard InChI is InChI=1S/C19H26N2O3/c1-18(2)16-14(7-5-9-23-16)19(18,20)17(22)21-13-10-12-6-3-4-8-15(12)24-11-13/h3-4,6,8,13-14,16H,5,7,9-11,20H2,1-2H3,(H,21,22). The van der Waals surface area contributed by atoms with Gasteiger partial charge in [-0.1, -0.05) is 32.0 Å². The Kier molecular flexibility index (Phi) is 3.62. The average molecular weight is 330 g/mol. The number of benzene rings is 1. The molecule has 5 nitrogen and oxygen atoms in total. The highest BCUT2D eigenvalue weighted by molar-refractivity contribution is 5.89. The number of amides is 1. The number of carbonyl (C=O) groups excluding carboxylic acids is 1. The van der Waals surface area contributed by atoms with Gasteiger partial charge in [0.2, 0.25) is 5.91 Å². The molecule has 2 heterocycles. The van der Waals surface area contributed by atoms with E-state index in [1.807, 2.05) is 38.1 Å². The maximum absolute atomic E-state index is 13.1. The number of ether oxygens (including phenoxy) is 2. The maximum Gasteiger partial charge on any atom is 0.241 e. The summed E-state index contributed by atoms with van der Waals surface area (Å²) in [5.74, 6) is 0.959. The van der Waals surface area contributed by atoms with Gasteiger partial charge in [0, 0.05) is 17.9 Å². The van der Waals surface area contributed by atoms with E-state index in [2.05, 4.69) is 5.32 Å². The van der Waals surface area contributed by atoms with Crippen molar-refractivity contribution in [2.45, 2.75) is 50.8 Å². The van der Waals surface area contributed by atoms with Crippen LogP contribution in [0, 0.1) is 11.3 Å². The highest BCUT2D eigenvalue weighted by Crippen LogP contribution is 2.57. The summed E-state index contributed by atoms with van der Waals surface area (Å²) in [6.45, 7) is 5.36. The molecule has 0 radical (unpaired) electrons. The van der Waals surface area contributed by atoms with Crippen LogP contribution in [0.1, 0.15) is 32.3 Å². The smallest absolute Gasteiger partial charge is 0.241 e. The lowest BCUT2D eigenvalue weighted by Crippen LogP contribution is -2.82. The lowest BCUT2D eigenvalue weighted by Gasteiger charge is -2.65. The van der Waals surface area contributed by atoms with E-state index in [4.69, 9.17) is 15.2 Å². The van der Waals surface area contributed by atoms with Crippen molar-refractivity contribution in [3.8, 4) is 5.75 Å². The number of carbonyl (C=O) groups is 1. The van der Waals surface area contributed by atoms with E-state index in [1.54, 1.807) is 0 Å². The zero-order valence-electron chi connectivity index (χ0n) is 14.4. The van der Waals surface area contributed by atoms with Crippen LogP contribution < -0.4 is 15.8 Å². The van der Waals surface area contributed by atoms with Gasteiger partial charge in [0.25, 0.3) is 0 Å². The molecule has 1 saturated heterocycles. The third-order valence-electron chi connectivity index (χ3n) is 6.27. The van der Waals surface area contributed by atoms with Crippen LogP contribution in [0.4, 0.5) is 0 Å². The lowest BCUT2D eigenvalue weighted by molar-refractivity contribution is -0.225. The number of para-hydroxylation sites is 1. The van der Waals surface area contributed by atoms with Gasteiger partial charge in [0.15, 0.2) is 0 Å². The van der Waals surface area contributed by atoms with Gasteiger partial charge in [-0.3, -0.25) is 4.79 Å². The molecule has 24 heavy (non-hydrogen) atoms. The first-order valence-corrected chi connectivity index (χ1v) is 8.86. The summed E-state index contributed by atoms with van der Waals surface area (Å²) >= 11 is 0. The van der Waals surface area contributed by atoms with Gasteiger partial charge >= 0.3 is 0 Å². The molecular weight excluding hydrogens is 304 g/mol. The zero-order chi connectivity index (χ0) is 16.9. The quantitative estimate of drug-likeness (QED) is 0.864. The topological polar surface area (TPSA) is 73.6 Å². The molecule has 2 fully saturated rings. The van der Waals surface area contributed by atoms with Gasteiger partial charge in [-0.05, 0) is 30.9 Å². The third kappa shape index (κ3) is 2.11. The SMILES string of the molecule is CC1(C)C2OCCCC2C1(N)C(=O)NC1COc2ccccc2C1. The first kappa shape index (κ1) is 15.9. The Hall–Kier alpha value is -1.59. The van der Waals surface area contributed by atoms with E-state index in [9.17, 15) is 4.79 Å². The van der Waals surface area contributed by atoms with Crippen LogP contribution in [0.3, 0.4) is 0 Å². The largest absolute Gasteiger partial charge is 0.491 e. The maximum atomic E-state index is 13.1. The third-order valence-corrected chi connectivity index (χ3v) is 6.27. The number of rotatable bonds is 2. The van der Waals surface area contributed by atoms with Crippen molar-refractivity contribution in [3.05, 3.63) is 29.8 Å². The fourth-order valence-electron chi connectivity index (χ4n) is 4.76. The molecule has 130 valence electrons. The molecule has 0 aromatic heterocycles. The Bertz CT molecular complexity index is 660. The van der Waals surface area contributed by atoms with Crippen LogP contribution in [0.25, 0.3) is 0 Å². The lowest BCUT2D eigenvalue weighted by atomic mass is 9.46. The van der Waals surface area contributed by atoms with E-state index >= 15 is 0 Å². The summed E-state index contributed by atoms with van der Waals surface area (Å²) in [6.07, 6.45) is 2.80. The Labute approximate surface area is 142 Å². The Balaban J connectivity index is 1.48. The minimum Gasteiger partial charge on any atom is -0.491 e. The Morgan fingerprint density at radius 2 is 2.12 bits per heavy atom. The molecule has 0 spiro atoms. The molecule has 0 bridgehead atoms. The Morgan fingerprint density at radius 3 is 2.96 bits per heavy atom. The monoisotopic (exact) mass is 330 g/mol. The molecule has 1 saturated carbocycles. The van der Waals surface area contributed by atoms with Crippen molar-refractivity contribution >= 4 is 5.91 Å². The van der Waals surface area contributed by atoms with E-state index in [0.29, 0.717) is 6.61 Å². The number of hydrogen-bond acceptors (Lipinski definition) is 4. The molecule has 3 aliphatic rings. The molecule has 1 aliphatic carbocycles. The summed E-state index contributed by atoms with van der Waals surface area (Å²) in [4.78, 5) is 13.1. The van der Waals surface area contributed by atoms with Gasteiger partial charge in [-0.25, -0.2) is 0 Å². The number of fused-ring (bicyclic) bond motifs is 2. The van der Waals surface area contributed by atoms with E-state index in [1.165, 1.54) is 0 Å². The summed E-state index contributed by atoms with van der Waals surface area (Å²) < 4.78 is 11.7. The van der Waals surface area contributed by atoms with Crippen molar-refractivity contribution in [2.75, 3.05) is 13.2 Å². The molecule has 1 aromatic carbocycles. The normalized spacial score (nSPS) is 36.5. The second-order valence-corrected chi connectivity index (χ2v) is 7.92. The molecule has 4 unspecified atom stereocenters. The van der Waals surface area contributed by atoms with Crippen LogP contribution in [-0.4, -0.2) is 36.8 Å². The molecule has 3 N–H and O–H groups in total. The Morgan fingerprint density at radius 1 is 1.33 bits per heavy atom. The minimum absolute atomic E-state index is 0.0350. The van der Waals surface area contributed by atoms with Crippen molar-refractivity contribution in [1.29, 1.82) is 0 Å². The number of hydrogen-bond donors (Lipinski definition) is 2. The summed E-state index contributed by atoms with van der Waals surface area (Å²) in [5, 5.41) is 3.15. The molecule has 5 heteroatoms. The van der Waals surface area contributed by atoms with Crippen LogP contribution in [-0.2, 0) is 16.0 Å². The van der Waals surface area contributed by atoms with Gasteiger partial charge in [0.05, 0.1) is 12.1 Å². The predicted octanol–water partition coefficient (Wildman–Crippen LogP) is 1.64. The fourth-order valence-corrected chi connectivity index (χ4v) is 4.76. The van der Waals surface area contributed by atoms with Crippen LogP contribution in [0.15, 0.2) is 24.3 Å². The van der Waals surface area contributed by atoms with Crippen LogP contribution in [0.2, 0.25) is 0 Å². The van der Waals surface area contributed by atoms with Crippen molar-refractivity contribution in [2.24, 2.45) is 17.1 Å².